The van der Waals surface area contributed by atoms with Crippen LogP contribution in [0, 0.1) is 12.7 Å². The molecule has 0 spiro atoms. The highest BCUT2D eigenvalue weighted by Crippen LogP contribution is 2.18. The zero-order valence-electron chi connectivity index (χ0n) is 11.5. The van der Waals surface area contributed by atoms with Crippen molar-refractivity contribution in [1.29, 1.82) is 0 Å². The van der Waals surface area contributed by atoms with Crippen LogP contribution in [0.25, 0.3) is 5.69 Å². The molecule has 0 saturated heterocycles. The first kappa shape index (κ1) is 14.7. The molecule has 0 atom stereocenters. The van der Waals surface area contributed by atoms with Gasteiger partial charge in [0.15, 0.2) is 5.69 Å². The third-order valence-corrected chi connectivity index (χ3v) is 2.82. The Morgan fingerprint density at radius 1 is 1.43 bits per heavy atom. The summed E-state index contributed by atoms with van der Waals surface area (Å²) < 4.78 is 19.1. The number of carbonyl (C=O) groups excluding carboxylic acids is 1. The number of carboxylic acids is 1. The molecule has 1 aromatic carbocycles. The average Bonchev–Trinajstić information content (AvgIpc) is 2.84. The van der Waals surface area contributed by atoms with Gasteiger partial charge in [0.25, 0.3) is 0 Å². The second-order valence-electron chi connectivity index (χ2n) is 4.29. The van der Waals surface area contributed by atoms with Crippen molar-refractivity contribution in [3.63, 3.8) is 0 Å². The van der Waals surface area contributed by atoms with Crippen molar-refractivity contribution in [2.75, 3.05) is 6.61 Å². The standard InChI is InChI=1S/C14H13FN2O4/c1-3-21-14(20)12-10(13(18)19)7-17(16-12)11-5-4-9(15)6-8(11)2/h4-7H,3H2,1-2H3,(H,18,19). The zero-order chi connectivity index (χ0) is 15.6. The summed E-state index contributed by atoms with van der Waals surface area (Å²) in [6, 6.07) is 3.98. The van der Waals surface area contributed by atoms with Gasteiger partial charge in [0.1, 0.15) is 11.4 Å². The Hall–Kier alpha value is -2.70. The van der Waals surface area contributed by atoms with E-state index in [1.807, 2.05) is 0 Å². The topological polar surface area (TPSA) is 81.4 Å². The fraction of sp³-hybridized carbons (Fsp3) is 0.214. The van der Waals surface area contributed by atoms with Crippen LogP contribution in [-0.2, 0) is 4.74 Å². The molecular weight excluding hydrogens is 279 g/mol. The quantitative estimate of drug-likeness (QED) is 0.874. The molecule has 0 unspecified atom stereocenters. The van der Waals surface area contributed by atoms with Crippen LogP contribution in [0.1, 0.15) is 33.3 Å². The third-order valence-electron chi connectivity index (χ3n) is 2.82. The summed E-state index contributed by atoms with van der Waals surface area (Å²) in [7, 11) is 0. The van der Waals surface area contributed by atoms with Gasteiger partial charge in [-0.25, -0.2) is 18.7 Å². The number of esters is 1. The molecule has 7 heteroatoms. The molecule has 0 fully saturated rings. The minimum absolute atomic E-state index is 0.111. The summed E-state index contributed by atoms with van der Waals surface area (Å²) in [5.74, 6) is -2.51. The number of aromatic nitrogens is 2. The van der Waals surface area contributed by atoms with E-state index in [2.05, 4.69) is 5.10 Å². The summed E-state index contributed by atoms with van der Waals surface area (Å²) >= 11 is 0. The number of rotatable bonds is 4. The first-order valence-corrected chi connectivity index (χ1v) is 6.20. The normalized spacial score (nSPS) is 10.4. The number of hydrogen-bond acceptors (Lipinski definition) is 4. The van der Waals surface area contributed by atoms with Crippen molar-refractivity contribution in [2.24, 2.45) is 0 Å². The van der Waals surface area contributed by atoms with Crippen LogP contribution < -0.4 is 0 Å². The number of carboxylic acid groups (broad SMARTS) is 1. The lowest BCUT2D eigenvalue weighted by Crippen LogP contribution is -2.11. The highest BCUT2D eigenvalue weighted by atomic mass is 19.1. The minimum Gasteiger partial charge on any atom is -0.478 e. The molecule has 0 amide bonds. The molecule has 0 saturated carbocycles. The van der Waals surface area contributed by atoms with Crippen LogP contribution in [0.4, 0.5) is 4.39 Å². The number of hydrogen-bond donors (Lipinski definition) is 1. The maximum atomic E-state index is 13.1. The molecular formula is C14H13FN2O4. The second kappa shape index (κ2) is 5.74. The van der Waals surface area contributed by atoms with Gasteiger partial charge in [0.05, 0.1) is 12.3 Å². The van der Waals surface area contributed by atoms with E-state index in [0.717, 1.165) is 0 Å². The number of aromatic carboxylic acids is 1. The van der Waals surface area contributed by atoms with E-state index in [0.29, 0.717) is 11.3 Å². The van der Waals surface area contributed by atoms with Crippen molar-refractivity contribution >= 4 is 11.9 Å². The van der Waals surface area contributed by atoms with Gasteiger partial charge in [-0.1, -0.05) is 0 Å². The monoisotopic (exact) mass is 292 g/mol. The Balaban J connectivity index is 2.53. The Morgan fingerprint density at radius 3 is 2.71 bits per heavy atom. The number of ether oxygens (including phenoxy) is 1. The van der Waals surface area contributed by atoms with Crippen molar-refractivity contribution in [3.8, 4) is 5.69 Å². The smallest absolute Gasteiger partial charge is 0.359 e. The van der Waals surface area contributed by atoms with Crippen molar-refractivity contribution in [2.45, 2.75) is 13.8 Å². The largest absolute Gasteiger partial charge is 0.478 e. The highest BCUT2D eigenvalue weighted by molar-refractivity contribution is 6.00. The summed E-state index contributed by atoms with van der Waals surface area (Å²) in [6.07, 6.45) is 1.20. The summed E-state index contributed by atoms with van der Waals surface area (Å²) in [5, 5.41) is 13.1. The number of benzene rings is 1. The van der Waals surface area contributed by atoms with Crippen LogP contribution in [0.5, 0.6) is 0 Å². The Morgan fingerprint density at radius 2 is 2.14 bits per heavy atom. The molecule has 2 rings (SSSR count). The summed E-state index contributed by atoms with van der Waals surface area (Å²) in [6.45, 7) is 3.38. The first-order valence-electron chi connectivity index (χ1n) is 6.20. The number of aryl methyl sites for hydroxylation is 1. The van der Waals surface area contributed by atoms with Gasteiger partial charge in [-0.2, -0.15) is 5.10 Å². The van der Waals surface area contributed by atoms with Gasteiger partial charge in [-0.3, -0.25) is 0 Å². The van der Waals surface area contributed by atoms with E-state index in [-0.39, 0.29) is 17.9 Å². The van der Waals surface area contributed by atoms with E-state index >= 15 is 0 Å². The molecule has 0 aliphatic rings. The Labute approximate surface area is 119 Å². The predicted molar refractivity (Wildman–Crippen MR) is 71.2 cm³/mol. The third kappa shape index (κ3) is 2.91. The Bertz CT molecular complexity index is 709. The molecule has 1 N–H and O–H groups in total. The molecule has 6 nitrogen and oxygen atoms in total. The van der Waals surface area contributed by atoms with Crippen molar-refractivity contribution < 1.29 is 23.8 Å². The predicted octanol–water partition coefficient (Wildman–Crippen LogP) is 2.19. The van der Waals surface area contributed by atoms with Crippen LogP contribution in [-0.4, -0.2) is 33.4 Å². The van der Waals surface area contributed by atoms with Gasteiger partial charge in [0.2, 0.25) is 0 Å². The molecule has 1 aromatic heterocycles. The number of carbonyl (C=O) groups is 2. The number of halogens is 1. The molecule has 21 heavy (non-hydrogen) atoms. The maximum absolute atomic E-state index is 13.1. The van der Waals surface area contributed by atoms with Gasteiger partial charge < -0.3 is 9.84 Å². The van der Waals surface area contributed by atoms with E-state index in [1.54, 1.807) is 13.8 Å². The molecule has 0 bridgehead atoms. The lowest BCUT2D eigenvalue weighted by molar-refractivity contribution is 0.0507. The molecule has 1 heterocycles. The van der Waals surface area contributed by atoms with Crippen LogP contribution >= 0.6 is 0 Å². The minimum atomic E-state index is -1.29. The van der Waals surface area contributed by atoms with Crippen molar-refractivity contribution in [3.05, 3.63) is 47.0 Å². The van der Waals surface area contributed by atoms with Gasteiger partial charge in [0, 0.05) is 6.20 Å². The van der Waals surface area contributed by atoms with Crippen molar-refractivity contribution in [1.82, 2.24) is 9.78 Å². The van der Waals surface area contributed by atoms with Crippen LogP contribution in [0.2, 0.25) is 0 Å². The lowest BCUT2D eigenvalue weighted by Gasteiger charge is -2.05. The fourth-order valence-electron chi connectivity index (χ4n) is 1.88. The van der Waals surface area contributed by atoms with Gasteiger partial charge in [-0.05, 0) is 37.6 Å². The molecule has 0 aliphatic carbocycles. The van der Waals surface area contributed by atoms with E-state index in [9.17, 15) is 14.0 Å². The summed E-state index contributed by atoms with van der Waals surface area (Å²) in [4.78, 5) is 22.9. The van der Waals surface area contributed by atoms with E-state index < -0.39 is 17.8 Å². The fourth-order valence-corrected chi connectivity index (χ4v) is 1.88. The van der Waals surface area contributed by atoms with Crippen LogP contribution in [0.15, 0.2) is 24.4 Å². The van der Waals surface area contributed by atoms with E-state index in [4.69, 9.17) is 9.84 Å². The average molecular weight is 292 g/mol. The maximum Gasteiger partial charge on any atom is 0.359 e. The molecule has 2 aromatic rings. The lowest BCUT2D eigenvalue weighted by atomic mass is 10.2. The Kier molecular flexibility index (Phi) is 4.02. The zero-order valence-corrected chi connectivity index (χ0v) is 11.5. The molecule has 0 radical (unpaired) electrons. The van der Waals surface area contributed by atoms with Gasteiger partial charge in [-0.15, -0.1) is 0 Å². The second-order valence-corrected chi connectivity index (χ2v) is 4.29. The molecule has 0 aliphatic heterocycles. The van der Waals surface area contributed by atoms with Crippen LogP contribution in [0.3, 0.4) is 0 Å². The first-order chi connectivity index (χ1) is 9.93. The molecule has 110 valence electrons. The highest BCUT2D eigenvalue weighted by Gasteiger charge is 2.23. The van der Waals surface area contributed by atoms with Gasteiger partial charge >= 0.3 is 11.9 Å². The SMILES string of the molecule is CCOC(=O)c1nn(-c2ccc(F)cc2C)cc1C(=O)O. The number of nitrogens with zero attached hydrogens (tertiary/aromatic N) is 2. The summed E-state index contributed by atoms with van der Waals surface area (Å²) in [5.41, 5.74) is 0.490. The van der Waals surface area contributed by atoms with E-state index in [1.165, 1.54) is 29.1 Å².